The predicted molar refractivity (Wildman–Crippen MR) is 152 cm³/mol. The van der Waals surface area contributed by atoms with Crippen molar-refractivity contribution in [2.24, 2.45) is 62.6 Å². The first kappa shape index (κ1) is 29.1. The van der Waals surface area contributed by atoms with Crippen molar-refractivity contribution in [2.45, 2.75) is 120 Å². The number of carbonyl (C=O) groups is 3. The van der Waals surface area contributed by atoms with Gasteiger partial charge >= 0.3 is 11.9 Å². The third kappa shape index (κ3) is 4.09. The lowest BCUT2D eigenvalue weighted by molar-refractivity contribution is -0.242. The number of ketones is 1. The Morgan fingerprint density at radius 1 is 0.795 bits per heavy atom. The van der Waals surface area contributed by atoms with Gasteiger partial charge in [-0.15, -0.1) is 0 Å². The van der Waals surface area contributed by atoms with E-state index >= 15 is 0 Å². The van der Waals surface area contributed by atoms with Gasteiger partial charge in [-0.25, -0.2) is 0 Å². The van der Waals surface area contributed by atoms with Crippen molar-refractivity contribution in [3.63, 3.8) is 0 Å². The standard InChI is InChI=1S/C34H54O5/c1-21(2)24-11-16-34(20-39-23(4)36)18-17-32(7)25(29(24)34)9-10-27-30(5)14-13-28(37)31(6,19-38-22(3)35)26(30)12-15-33(27,32)8/h21,24-27,29H,9-20H2,1-8H3/t24-,25+,26+,27+,29+,30-,31-,32+,33+,34+/m0/s1. The number of fused-ring (bicyclic) bond motifs is 7. The summed E-state index contributed by atoms with van der Waals surface area (Å²) in [5.74, 6) is 3.26. The summed E-state index contributed by atoms with van der Waals surface area (Å²) in [7, 11) is 0. The third-order valence-electron chi connectivity index (χ3n) is 14.2. The molecule has 5 aliphatic rings. The minimum Gasteiger partial charge on any atom is -0.465 e. The van der Waals surface area contributed by atoms with Crippen LogP contribution in [0.3, 0.4) is 0 Å². The summed E-state index contributed by atoms with van der Waals surface area (Å²) in [6, 6.07) is 0. The van der Waals surface area contributed by atoms with E-state index in [2.05, 4.69) is 41.5 Å². The Hall–Kier alpha value is -1.39. The van der Waals surface area contributed by atoms with Gasteiger partial charge in [0.1, 0.15) is 12.4 Å². The SMILES string of the molecule is CC(=O)OC[C@]12CC[C@@H](C(C)C)[C@@H]1[C@H]1CC[C@@H]3[C@@]4(C)CCC(=O)[C@@](C)(COC(C)=O)[C@@H]4CC[C@@]3(C)[C@]1(C)CC2. The van der Waals surface area contributed by atoms with E-state index in [4.69, 9.17) is 9.47 Å². The molecule has 0 amide bonds. The molecule has 0 saturated heterocycles. The fourth-order valence-corrected chi connectivity index (χ4v) is 12.1. The molecular formula is C34H54O5. The van der Waals surface area contributed by atoms with Crippen molar-refractivity contribution < 1.29 is 23.9 Å². The molecular weight excluding hydrogens is 488 g/mol. The second-order valence-corrected chi connectivity index (χ2v) is 15.9. The van der Waals surface area contributed by atoms with E-state index in [0.717, 1.165) is 25.7 Å². The maximum atomic E-state index is 13.4. The number of esters is 2. The maximum absolute atomic E-state index is 13.4. The lowest BCUT2D eigenvalue weighted by atomic mass is 9.32. The minimum atomic E-state index is -0.586. The van der Waals surface area contributed by atoms with Gasteiger partial charge in [-0.3, -0.25) is 14.4 Å². The average Bonchev–Trinajstić information content (AvgIpc) is 3.25. The van der Waals surface area contributed by atoms with Crippen LogP contribution in [0.2, 0.25) is 0 Å². The van der Waals surface area contributed by atoms with Crippen LogP contribution in [0.25, 0.3) is 0 Å². The largest absolute Gasteiger partial charge is 0.465 e. The topological polar surface area (TPSA) is 69.7 Å². The van der Waals surface area contributed by atoms with E-state index in [-0.39, 0.29) is 51.9 Å². The molecule has 0 unspecified atom stereocenters. The van der Waals surface area contributed by atoms with Crippen LogP contribution in [0, 0.1) is 62.6 Å². The number of carbonyl (C=O) groups excluding carboxylic acids is 3. The van der Waals surface area contributed by atoms with E-state index in [0.29, 0.717) is 42.6 Å². The fraction of sp³-hybridized carbons (Fsp3) is 0.912. The van der Waals surface area contributed by atoms with E-state index in [1.54, 1.807) is 6.92 Å². The molecule has 0 aliphatic heterocycles. The van der Waals surface area contributed by atoms with Gasteiger partial charge in [-0.1, -0.05) is 34.6 Å². The molecule has 39 heavy (non-hydrogen) atoms. The molecule has 5 saturated carbocycles. The molecule has 0 radical (unpaired) electrons. The normalized spacial score (nSPS) is 48.9. The summed E-state index contributed by atoms with van der Waals surface area (Å²) in [5.41, 5.74) is 0.0664. The van der Waals surface area contributed by atoms with Gasteiger partial charge in [-0.05, 0) is 116 Å². The molecule has 0 aromatic heterocycles. The summed E-state index contributed by atoms with van der Waals surface area (Å²) >= 11 is 0. The van der Waals surface area contributed by atoms with Crippen LogP contribution in [-0.2, 0) is 23.9 Å². The zero-order chi connectivity index (χ0) is 28.6. The van der Waals surface area contributed by atoms with Crippen molar-refractivity contribution >= 4 is 17.7 Å². The van der Waals surface area contributed by atoms with Crippen molar-refractivity contribution in [2.75, 3.05) is 13.2 Å². The highest BCUT2D eigenvalue weighted by Crippen LogP contribution is 2.77. The second-order valence-electron chi connectivity index (χ2n) is 15.9. The van der Waals surface area contributed by atoms with E-state index in [1.165, 1.54) is 39.0 Å². The quantitative estimate of drug-likeness (QED) is 0.339. The van der Waals surface area contributed by atoms with Gasteiger partial charge in [0, 0.05) is 25.7 Å². The van der Waals surface area contributed by atoms with Crippen LogP contribution >= 0.6 is 0 Å². The van der Waals surface area contributed by atoms with Gasteiger partial charge in [0.2, 0.25) is 0 Å². The van der Waals surface area contributed by atoms with Crippen LogP contribution < -0.4 is 0 Å². The molecule has 220 valence electrons. The first-order valence-corrected chi connectivity index (χ1v) is 15.9. The predicted octanol–water partition coefficient (Wildman–Crippen LogP) is 7.40. The van der Waals surface area contributed by atoms with E-state index in [9.17, 15) is 14.4 Å². The second kappa shape index (κ2) is 9.58. The molecule has 5 rings (SSSR count). The summed E-state index contributed by atoms with van der Waals surface area (Å²) in [4.78, 5) is 37.1. The Labute approximate surface area is 236 Å². The summed E-state index contributed by atoms with van der Waals surface area (Å²) in [5, 5.41) is 0. The van der Waals surface area contributed by atoms with Crippen LogP contribution in [-0.4, -0.2) is 30.9 Å². The van der Waals surface area contributed by atoms with Crippen molar-refractivity contribution in [3.8, 4) is 0 Å². The summed E-state index contributed by atoms with van der Waals surface area (Å²) in [6.07, 6.45) is 11.0. The Morgan fingerprint density at radius 3 is 2.10 bits per heavy atom. The molecule has 0 bridgehead atoms. The minimum absolute atomic E-state index is 0.0726. The number of ether oxygens (including phenoxy) is 2. The first-order chi connectivity index (χ1) is 18.1. The van der Waals surface area contributed by atoms with Crippen LogP contribution in [0.15, 0.2) is 0 Å². The van der Waals surface area contributed by atoms with Gasteiger partial charge in [-0.2, -0.15) is 0 Å². The molecule has 10 atom stereocenters. The highest BCUT2D eigenvalue weighted by atomic mass is 16.5. The van der Waals surface area contributed by atoms with Gasteiger partial charge < -0.3 is 9.47 Å². The Bertz CT molecular complexity index is 1020. The number of rotatable bonds is 5. The van der Waals surface area contributed by atoms with Crippen molar-refractivity contribution in [1.82, 2.24) is 0 Å². The highest BCUT2D eigenvalue weighted by Gasteiger charge is 2.71. The van der Waals surface area contributed by atoms with E-state index in [1.807, 2.05) is 0 Å². The van der Waals surface area contributed by atoms with Gasteiger partial charge in [0.15, 0.2) is 0 Å². The Balaban J connectivity index is 1.50. The molecule has 5 nitrogen and oxygen atoms in total. The van der Waals surface area contributed by atoms with Gasteiger partial charge in [0.25, 0.3) is 0 Å². The molecule has 5 fully saturated rings. The smallest absolute Gasteiger partial charge is 0.302 e. The van der Waals surface area contributed by atoms with Crippen molar-refractivity contribution in [1.29, 1.82) is 0 Å². The molecule has 5 aliphatic carbocycles. The molecule has 0 N–H and O–H groups in total. The molecule has 5 heteroatoms. The molecule has 0 heterocycles. The average molecular weight is 543 g/mol. The lowest BCUT2D eigenvalue weighted by Crippen LogP contribution is -2.67. The zero-order valence-corrected chi connectivity index (χ0v) is 26.0. The third-order valence-corrected chi connectivity index (χ3v) is 14.2. The number of hydrogen-bond acceptors (Lipinski definition) is 5. The maximum Gasteiger partial charge on any atom is 0.302 e. The zero-order valence-electron chi connectivity index (χ0n) is 26.0. The van der Waals surface area contributed by atoms with E-state index < -0.39 is 5.41 Å². The molecule has 0 spiro atoms. The molecule has 0 aromatic carbocycles. The Kier molecular flexibility index (Phi) is 7.15. The van der Waals surface area contributed by atoms with Crippen LogP contribution in [0.4, 0.5) is 0 Å². The summed E-state index contributed by atoms with van der Waals surface area (Å²) in [6.45, 7) is 18.5. The highest BCUT2D eigenvalue weighted by molar-refractivity contribution is 5.86. The lowest BCUT2D eigenvalue weighted by Gasteiger charge is -2.72. The fourth-order valence-electron chi connectivity index (χ4n) is 12.1. The number of Topliss-reactive ketones (excluding diaryl/α,β-unsaturated/α-hetero) is 1. The molecule has 0 aromatic rings. The van der Waals surface area contributed by atoms with Crippen LogP contribution in [0.5, 0.6) is 0 Å². The van der Waals surface area contributed by atoms with Gasteiger partial charge in [0.05, 0.1) is 12.0 Å². The van der Waals surface area contributed by atoms with Crippen LogP contribution in [0.1, 0.15) is 120 Å². The Morgan fingerprint density at radius 2 is 1.46 bits per heavy atom. The monoisotopic (exact) mass is 542 g/mol. The number of hydrogen-bond donors (Lipinski definition) is 0. The summed E-state index contributed by atoms with van der Waals surface area (Å²) < 4.78 is 11.4. The van der Waals surface area contributed by atoms with Crippen molar-refractivity contribution in [3.05, 3.63) is 0 Å². The first-order valence-electron chi connectivity index (χ1n) is 15.9.